The molecule has 0 radical (unpaired) electrons. The van der Waals surface area contributed by atoms with Gasteiger partial charge in [-0.05, 0) is 37.1 Å². The average molecular weight is 374 g/mol. The molecule has 3 aromatic carbocycles. The third kappa shape index (κ3) is 3.36. The van der Waals surface area contributed by atoms with Crippen LogP contribution < -0.4 is 10.6 Å². The fraction of sp³-hybridized carbons (Fsp3) is 0.0909. The molecule has 0 bridgehead atoms. The Hall–Kier alpha value is -3.90. The first-order valence-electron chi connectivity index (χ1n) is 8.48. The van der Waals surface area contributed by atoms with Crippen molar-refractivity contribution in [3.05, 3.63) is 82.4 Å². The van der Waals surface area contributed by atoms with Gasteiger partial charge in [0.05, 0.1) is 0 Å². The molecule has 0 saturated carbocycles. The van der Waals surface area contributed by atoms with Gasteiger partial charge in [0.1, 0.15) is 34.6 Å². The number of rotatable bonds is 4. The summed E-state index contributed by atoms with van der Waals surface area (Å²) in [5.74, 6) is -1.97. The molecule has 138 valence electrons. The third-order valence-electron chi connectivity index (χ3n) is 4.41. The first-order chi connectivity index (χ1) is 13.5. The molecular weight excluding hydrogens is 358 g/mol. The van der Waals surface area contributed by atoms with Crippen molar-refractivity contribution in [1.82, 2.24) is 0 Å². The minimum atomic E-state index is -0.986. The first kappa shape index (κ1) is 18.9. The van der Waals surface area contributed by atoms with Gasteiger partial charge < -0.3 is 10.6 Å². The lowest BCUT2D eigenvalue weighted by atomic mass is 10.0. The summed E-state index contributed by atoms with van der Waals surface area (Å²) in [4.78, 5) is 0. The molecule has 3 aromatic rings. The topological polar surface area (TPSA) is 71.6 Å². The molecule has 4 nitrogen and oxygen atoms in total. The number of aryl methyl sites for hydroxylation is 2. The summed E-state index contributed by atoms with van der Waals surface area (Å²) < 4.78 is 30.3. The van der Waals surface area contributed by atoms with E-state index in [4.69, 9.17) is 0 Å². The second-order valence-corrected chi connectivity index (χ2v) is 6.23. The number of hydrogen-bond acceptors (Lipinski definition) is 4. The van der Waals surface area contributed by atoms with Gasteiger partial charge >= 0.3 is 0 Å². The molecule has 0 saturated heterocycles. The van der Waals surface area contributed by atoms with Gasteiger partial charge in [-0.25, -0.2) is 8.78 Å². The number of para-hydroxylation sites is 2. The number of nitriles is 2. The summed E-state index contributed by atoms with van der Waals surface area (Å²) in [6.45, 7) is 3.64. The Kier molecular flexibility index (Phi) is 5.24. The summed E-state index contributed by atoms with van der Waals surface area (Å²) >= 11 is 0. The minimum absolute atomic E-state index is 0.231. The lowest BCUT2D eigenvalue weighted by Crippen LogP contribution is -2.09. The number of benzene rings is 3. The summed E-state index contributed by atoms with van der Waals surface area (Å²) in [5, 5.41) is 24.3. The molecule has 6 heteroatoms. The number of nitrogens with one attached hydrogen (secondary N) is 2. The van der Waals surface area contributed by atoms with E-state index in [1.807, 2.05) is 38.1 Å². The van der Waals surface area contributed by atoms with E-state index in [1.165, 1.54) is 0 Å². The third-order valence-corrected chi connectivity index (χ3v) is 4.41. The summed E-state index contributed by atoms with van der Waals surface area (Å²) in [5.41, 5.74) is 1.01. The van der Waals surface area contributed by atoms with Gasteiger partial charge in [0.15, 0.2) is 11.6 Å². The van der Waals surface area contributed by atoms with Crippen LogP contribution in [0.2, 0.25) is 0 Å². The van der Waals surface area contributed by atoms with Gasteiger partial charge in [-0.2, -0.15) is 10.5 Å². The van der Waals surface area contributed by atoms with Crippen LogP contribution in [0.15, 0.2) is 48.5 Å². The second-order valence-electron chi connectivity index (χ2n) is 6.23. The van der Waals surface area contributed by atoms with E-state index in [-0.39, 0.29) is 11.4 Å². The van der Waals surface area contributed by atoms with Crippen molar-refractivity contribution in [1.29, 1.82) is 10.5 Å². The minimum Gasteiger partial charge on any atom is -0.351 e. The van der Waals surface area contributed by atoms with Crippen LogP contribution in [-0.4, -0.2) is 0 Å². The van der Waals surface area contributed by atoms with Crippen molar-refractivity contribution in [3.8, 4) is 12.1 Å². The molecule has 0 atom stereocenters. The molecule has 0 amide bonds. The quantitative estimate of drug-likeness (QED) is 0.604. The molecule has 0 heterocycles. The van der Waals surface area contributed by atoms with Gasteiger partial charge in [-0.15, -0.1) is 0 Å². The largest absolute Gasteiger partial charge is 0.351 e. The summed E-state index contributed by atoms with van der Waals surface area (Å²) in [6.07, 6.45) is 0. The molecule has 2 N–H and O–H groups in total. The van der Waals surface area contributed by atoms with E-state index in [0.29, 0.717) is 11.4 Å². The molecule has 0 unspecified atom stereocenters. The Balaban J connectivity index is 2.25. The number of anilines is 4. The Bertz CT molecular complexity index is 1050. The molecular formula is C22H16F2N4. The van der Waals surface area contributed by atoms with Crippen molar-refractivity contribution >= 4 is 22.7 Å². The number of nitrogens with zero attached hydrogens (tertiary/aromatic N) is 2. The van der Waals surface area contributed by atoms with Crippen molar-refractivity contribution in [3.63, 3.8) is 0 Å². The highest BCUT2D eigenvalue weighted by Gasteiger charge is 2.25. The predicted octanol–water partition coefficient (Wildman–Crippen LogP) is 5.81. The van der Waals surface area contributed by atoms with Crippen molar-refractivity contribution in [2.45, 2.75) is 13.8 Å². The van der Waals surface area contributed by atoms with Gasteiger partial charge in [0, 0.05) is 11.4 Å². The highest BCUT2D eigenvalue weighted by Crippen LogP contribution is 2.38. The molecule has 0 aliphatic carbocycles. The van der Waals surface area contributed by atoms with Crippen LogP contribution in [-0.2, 0) is 0 Å². The zero-order valence-electron chi connectivity index (χ0n) is 15.3. The Morgan fingerprint density at radius 1 is 0.679 bits per heavy atom. The van der Waals surface area contributed by atoms with E-state index in [0.717, 1.165) is 11.1 Å². The Morgan fingerprint density at radius 3 is 1.36 bits per heavy atom. The molecule has 0 fully saturated rings. The lowest BCUT2D eigenvalue weighted by molar-refractivity contribution is 0.600. The van der Waals surface area contributed by atoms with Gasteiger partial charge in [0.2, 0.25) is 0 Å². The Labute approximate surface area is 161 Å². The SMILES string of the molecule is Cc1ccccc1Nc1c(F)c(C#N)c(C#N)c(F)c1Nc1ccccc1C. The number of hydrogen-bond donors (Lipinski definition) is 2. The van der Waals surface area contributed by atoms with Crippen LogP contribution in [0, 0.1) is 48.1 Å². The molecule has 0 spiro atoms. The monoisotopic (exact) mass is 374 g/mol. The highest BCUT2D eigenvalue weighted by atomic mass is 19.1. The molecule has 3 rings (SSSR count). The maximum Gasteiger partial charge on any atom is 0.168 e. The molecule has 0 aromatic heterocycles. The fourth-order valence-corrected chi connectivity index (χ4v) is 2.83. The van der Waals surface area contributed by atoms with Crippen molar-refractivity contribution in [2.24, 2.45) is 0 Å². The first-order valence-corrected chi connectivity index (χ1v) is 8.48. The van der Waals surface area contributed by atoms with Gasteiger partial charge in [0.25, 0.3) is 0 Å². The number of halogens is 2. The predicted molar refractivity (Wildman–Crippen MR) is 105 cm³/mol. The molecule has 0 aliphatic rings. The fourth-order valence-electron chi connectivity index (χ4n) is 2.83. The summed E-state index contributed by atoms with van der Waals surface area (Å²) in [7, 11) is 0. The molecule has 28 heavy (non-hydrogen) atoms. The van der Waals surface area contributed by atoms with Crippen LogP contribution in [0.25, 0.3) is 0 Å². The second kappa shape index (κ2) is 7.77. The average Bonchev–Trinajstić information content (AvgIpc) is 2.69. The lowest BCUT2D eigenvalue weighted by Gasteiger charge is -2.19. The van der Waals surface area contributed by atoms with Crippen molar-refractivity contribution < 1.29 is 8.78 Å². The zero-order valence-corrected chi connectivity index (χ0v) is 15.3. The van der Waals surface area contributed by atoms with Gasteiger partial charge in [-0.3, -0.25) is 0 Å². The van der Waals surface area contributed by atoms with Crippen molar-refractivity contribution in [2.75, 3.05) is 10.6 Å². The standard InChI is InChI=1S/C22H16F2N4/c1-13-7-3-5-9-17(13)27-21-19(23)15(11-25)16(12-26)20(24)22(21)28-18-10-6-4-8-14(18)2/h3-10,27-28H,1-2H3. The van der Waals surface area contributed by atoms with Crippen LogP contribution in [0.4, 0.5) is 31.5 Å². The molecule has 0 aliphatic heterocycles. The van der Waals surface area contributed by atoms with E-state index < -0.39 is 22.8 Å². The maximum absolute atomic E-state index is 15.1. The zero-order chi connectivity index (χ0) is 20.3. The maximum atomic E-state index is 15.1. The van der Waals surface area contributed by atoms with E-state index in [9.17, 15) is 10.5 Å². The van der Waals surface area contributed by atoms with Crippen LogP contribution >= 0.6 is 0 Å². The van der Waals surface area contributed by atoms with Crippen LogP contribution in [0.1, 0.15) is 22.3 Å². The summed E-state index contributed by atoms with van der Waals surface area (Å²) in [6, 6.07) is 17.4. The van der Waals surface area contributed by atoms with E-state index >= 15 is 8.78 Å². The smallest absolute Gasteiger partial charge is 0.168 e. The van der Waals surface area contributed by atoms with E-state index in [2.05, 4.69) is 10.6 Å². The van der Waals surface area contributed by atoms with E-state index in [1.54, 1.807) is 36.4 Å². The van der Waals surface area contributed by atoms with Crippen LogP contribution in [0.5, 0.6) is 0 Å². The normalized spacial score (nSPS) is 10.1. The van der Waals surface area contributed by atoms with Crippen LogP contribution in [0.3, 0.4) is 0 Å². The van der Waals surface area contributed by atoms with Gasteiger partial charge in [-0.1, -0.05) is 36.4 Å². The highest BCUT2D eigenvalue weighted by molar-refractivity contribution is 5.83. The Morgan fingerprint density at radius 2 is 1.04 bits per heavy atom.